The number of carboxylic acid groups (broad SMARTS) is 1. The first-order valence-electron chi connectivity index (χ1n) is 6.69. The topological polar surface area (TPSA) is 84.9 Å². The number of carbonyl (C=O) groups excluding carboxylic acids is 1. The Kier molecular flexibility index (Phi) is 5.22. The van der Waals surface area contributed by atoms with Gasteiger partial charge in [0.1, 0.15) is 0 Å². The first-order valence-corrected chi connectivity index (χ1v) is 6.69. The lowest BCUT2D eigenvalue weighted by Gasteiger charge is -2.32. The van der Waals surface area contributed by atoms with Crippen molar-refractivity contribution in [2.24, 2.45) is 0 Å². The smallest absolute Gasteiger partial charge is 0.417 e. The maximum Gasteiger partial charge on any atom is 0.417 e. The quantitative estimate of drug-likeness (QED) is 0.869. The number of nitrogens with one attached hydrogen (secondary N) is 1. The number of amides is 1. The highest BCUT2D eigenvalue weighted by Gasteiger charge is 2.50. The molecule has 2 N–H and O–H groups in total. The van der Waals surface area contributed by atoms with Gasteiger partial charge >= 0.3 is 12.1 Å². The first kappa shape index (κ1) is 17.2. The predicted molar refractivity (Wildman–Crippen MR) is 70.8 cm³/mol. The Balaban J connectivity index is 1.96. The third-order valence-electron chi connectivity index (χ3n) is 3.20. The molecule has 0 radical (unpaired) electrons. The second-order valence-corrected chi connectivity index (χ2v) is 4.84. The number of halogens is 3. The lowest BCUT2D eigenvalue weighted by molar-refractivity contribution is -0.272. The number of aromatic carboxylic acids is 1. The minimum atomic E-state index is -4.70. The number of carboxylic acids is 1. The van der Waals surface area contributed by atoms with Crippen LogP contribution in [-0.4, -0.2) is 48.6 Å². The van der Waals surface area contributed by atoms with Gasteiger partial charge < -0.3 is 19.9 Å². The number of hydrogen-bond acceptors (Lipinski definition) is 4. The van der Waals surface area contributed by atoms with Crippen molar-refractivity contribution in [3.05, 3.63) is 35.4 Å². The molecule has 1 heterocycles. The molecule has 0 aliphatic carbocycles. The van der Waals surface area contributed by atoms with Crippen LogP contribution in [-0.2, 0) is 20.8 Å². The van der Waals surface area contributed by atoms with Crippen LogP contribution in [0.3, 0.4) is 0 Å². The lowest BCUT2D eigenvalue weighted by Crippen LogP contribution is -2.54. The SMILES string of the molecule is O=C(O)c1ccc(CNC(=O)[C@@H]2OCCO[C@@H]2C(F)(F)F)cc1. The van der Waals surface area contributed by atoms with Crippen LogP contribution < -0.4 is 5.32 Å². The minimum absolute atomic E-state index is 0.0524. The average molecular weight is 333 g/mol. The fourth-order valence-corrected chi connectivity index (χ4v) is 2.06. The molecular weight excluding hydrogens is 319 g/mol. The van der Waals surface area contributed by atoms with E-state index in [1.54, 1.807) is 0 Å². The summed E-state index contributed by atoms with van der Waals surface area (Å²) >= 11 is 0. The summed E-state index contributed by atoms with van der Waals surface area (Å²) in [6, 6.07) is 5.59. The van der Waals surface area contributed by atoms with Crippen LogP contribution in [0.15, 0.2) is 24.3 Å². The van der Waals surface area contributed by atoms with Gasteiger partial charge in [0.2, 0.25) is 0 Å². The van der Waals surface area contributed by atoms with Crippen molar-refractivity contribution < 1.29 is 37.3 Å². The Morgan fingerprint density at radius 2 is 1.78 bits per heavy atom. The highest BCUT2D eigenvalue weighted by atomic mass is 19.4. The van der Waals surface area contributed by atoms with Crippen molar-refractivity contribution in [1.29, 1.82) is 0 Å². The molecule has 1 aromatic rings. The second kappa shape index (κ2) is 6.97. The van der Waals surface area contributed by atoms with Crippen molar-refractivity contribution in [3.8, 4) is 0 Å². The molecule has 0 bridgehead atoms. The second-order valence-electron chi connectivity index (χ2n) is 4.84. The molecule has 1 aromatic carbocycles. The Morgan fingerprint density at radius 3 is 2.35 bits per heavy atom. The number of hydrogen-bond donors (Lipinski definition) is 2. The molecule has 0 aromatic heterocycles. The van der Waals surface area contributed by atoms with Crippen LogP contribution in [0.4, 0.5) is 13.2 Å². The highest BCUT2D eigenvalue weighted by Crippen LogP contribution is 2.29. The summed E-state index contributed by atoms with van der Waals surface area (Å²) in [5.74, 6) is -2.03. The number of benzene rings is 1. The van der Waals surface area contributed by atoms with E-state index in [1.807, 2.05) is 0 Å². The van der Waals surface area contributed by atoms with Gasteiger partial charge in [-0.05, 0) is 17.7 Å². The van der Waals surface area contributed by atoms with Gasteiger partial charge in [0.15, 0.2) is 12.2 Å². The van der Waals surface area contributed by atoms with Crippen LogP contribution in [0.1, 0.15) is 15.9 Å². The summed E-state index contributed by atoms with van der Waals surface area (Å²) in [5, 5.41) is 11.1. The molecule has 23 heavy (non-hydrogen) atoms. The molecule has 1 fully saturated rings. The molecule has 0 saturated carbocycles. The number of carbonyl (C=O) groups is 2. The molecule has 1 saturated heterocycles. The van der Waals surface area contributed by atoms with Gasteiger partial charge in [0.25, 0.3) is 5.91 Å². The van der Waals surface area contributed by atoms with Crippen LogP contribution in [0, 0.1) is 0 Å². The molecule has 6 nitrogen and oxygen atoms in total. The number of ether oxygens (including phenoxy) is 2. The van der Waals surface area contributed by atoms with Gasteiger partial charge in [-0.3, -0.25) is 4.79 Å². The van der Waals surface area contributed by atoms with Gasteiger partial charge in [-0.2, -0.15) is 13.2 Å². The summed E-state index contributed by atoms with van der Waals surface area (Å²) in [7, 11) is 0. The van der Waals surface area contributed by atoms with E-state index in [0.717, 1.165) is 0 Å². The molecule has 1 aliphatic rings. The van der Waals surface area contributed by atoms with E-state index in [0.29, 0.717) is 5.56 Å². The van der Waals surface area contributed by atoms with Crippen LogP contribution in [0.2, 0.25) is 0 Å². The van der Waals surface area contributed by atoms with E-state index in [4.69, 9.17) is 9.84 Å². The maximum absolute atomic E-state index is 12.8. The van der Waals surface area contributed by atoms with Gasteiger partial charge in [-0.1, -0.05) is 12.1 Å². The zero-order valence-electron chi connectivity index (χ0n) is 11.8. The summed E-state index contributed by atoms with van der Waals surface area (Å²) in [4.78, 5) is 22.6. The molecule has 2 rings (SSSR count). The normalized spacial score (nSPS) is 21.7. The summed E-state index contributed by atoms with van der Waals surface area (Å²) in [6.45, 7) is -0.383. The Hall–Kier alpha value is -2.13. The maximum atomic E-state index is 12.8. The molecular formula is C14H14F3NO5. The Bertz CT molecular complexity index is 573. The minimum Gasteiger partial charge on any atom is -0.478 e. The first-order chi connectivity index (χ1) is 10.8. The predicted octanol–water partition coefficient (Wildman–Crippen LogP) is 1.35. The third kappa shape index (κ3) is 4.42. The Morgan fingerprint density at radius 1 is 1.17 bits per heavy atom. The van der Waals surface area contributed by atoms with Crippen molar-refractivity contribution in [3.63, 3.8) is 0 Å². The van der Waals surface area contributed by atoms with Gasteiger partial charge in [0.05, 0.1) is 18.8 Å². The van der Waals surface area contributed by atoms with E-state index in [2.05, 4.69) is 10.1 Å². The zero-order valence-corrected chi connectivity index (χ0v) is 11.8. The Labute approximate surface area is 129 Å². The van der Waals surface area contributed by atoms with Crippen molar-refractivity contribution in [1.82, 2.24) is 5.32 Å². The third-order valence-corrected chi connectivity index (χ3v) is 3.20. The van der Waals surface area contributed by atoms with Crippen LogP contribution >= 0.6 is 0 Å². The van der Waals surface area contributed by atoms with E-state index >= 15 is 0 Å². The van der Waals surface area contributed by atoms with Gasteiger partial charge in [-0.15, -0.1) is 0 Å². The molecule has 1 amide bonds. The van der Waals surface area contributed by atoms with Crippen LogP contribution in [0.5, 0.6) is 0 Å². The zero-order chi connectivity index (χ0) is 17.0. The molecule has 9 heteroatoms. The lowest BCUT2D eigenvalue weighted by atomic mass is 10.1. The van der Waals surface area contributed by atoms with Gasteiger partial charge in [-0.25, -0.2) is 4.79 Å². The molecule has 1 aliphatic heterocycles. The fraction of sp³-hybridized carbons (Fsp3) is 0.429. The summed E-state index contributed by atoms with van der Waals surface area (Å²) in [6.07, 6.45) is -8.77. The van der Waals surface area contributed by atoms with Gasteiger partial charge in [0, 0.05) is 6.54 Å². The summed E-state index contributed by atoms with van der Waals surface area (Å²) < 4.78 is 47.9. The fourth-order valence-electron chi connectivity index (χ4n) is 2.06. The largest absolute Gasteiger partial charge is 0.478 e. The van der Waals surface area contributed by atoms with E-state index in [9.17, 15) is 22.8 Å². The van der Waals surface area contributed by atoms with E-state index in [-0.39, 0.29) is 25.3 Å². The molecule has 0 spiro atoms. The van der Waals surface area contributed by atoms with E-state index in [1.165, 1.54) is 24.3 Å². The van der Waals surface area contributed by atoms with Crippen molar-refractivity contribution in [2.45, 2.75) is 24.9 Å². The van der Waals surface area contributed by atoms with Crippen molar-refractivity contribution in [2.75, 3.05) is 13.2 Å². The number of rotatable bonds is 4. The molecule has 126 valence electrons. The highest BCUT2D eigenvalue weighted by molar-refractivity contribution is 5.87. The molecule has 0 unspecified atom stereocenters. The van der Waals surface area contributed by atoms with Crippen molar-refractivity contribution >= 4 is 11.9 Å². The standard InChI is InChI=1S/C14H14F3NO5/c15-14(16,17)11-10(22-5-6-23-11)12(19)18-7-8-1-3-9(4-2-8)13(20)21/h1-4,10-11H,5-7H2,(H,18,19)(H,20,21)/t10-,11+/m1/s1. The van der Waals surface area contributed by atoms with E-state index < -0.39 is 30.3 Å². The van der Waals surface area contributed by atoms with Crippen LogP contribution in [0.25, 0.3) is 0 Å². The number of alkyl halides is 3. The summed E-state index contributed by atoms with van der Waals surface area (Å²) in [5.41, 5.74) is 0.616. The monoisotopic (exact) mass is 333 g/mol. The molecule has 2 atom stereocenters. The average Bonchev–Trinajstić information content (AvgIpc) is 2.52.